The molecule has 120 valence electrons. The average Bonchev–Trinajstić information content (AvgIpc) is 2.24. The summed E-state index contributed by atoms with van der Waals surface area (Å²) < 4.78 is -2.93. The van der Waals surface area contributed by atoms with Gasteiger partial charge < -0.3 is 9.80 Å². The van der Waals surface area contributed by atoms with Gasteiger partial charge in [-0.3, -0.25) is 0 Å². The van der Waals surface area contributed by atoms with Crippen molar-refractivity contribution in [2.75, 3.05) is 39.5 Å². The van der Waals surface area contributed by atoms with Crippen molar-refractivity contribution in [3.05, 3.63) is 11.6 Å². The summed E-state index contributed by atoms with van der Waals surface area (Å²) in [4.78, 5) is 11.9. The highest BCUT2D eigenvalue weighted by atomic mass is 35.6. The van der Waals surface area contributed by atoms with Crippen LogP contribution in [0.2, 0.25) is 0 Å². The predicted octanol–water partition coefficient (Wildman–Crippen LogP) is 3.64. The normalized spacial score (nSPS) is 13.4. The second-order valence-corrected chi connectivity index (χ2v) is 9.80. The van der Waals surface area contributed by atoms with Gasteiger partial charge in [-0.05, 0) is 0 Å². The van der Waals surface area contributed by atoms with E-state index in [-0.39, 0.29) is 17.6 Å². The van der Waals surface area contributed by atoms with Crippen molar-refractivity contribution in [2.24, 2.45) is 0 Å². The standard InChI is InChI=1S/C10H14Cl6N5/c1-21(2,3)5-4-17-8-19-6(9(11,12)13)18-7(20-8)10(14,15)16/h4-5H2,1-3H3,(H,17,18,19,20)/q+1. The minimum Gasteiger partial charge on any atom is -0.348 e. The molecule has 5 nitrogen and oxygen atoms in total. The van der Waals surface area contributed by atoms with E-state index in [2.05, 4.69) is 41.4 Å². The van der Waals surface area contributed by atoms with Gasteiger partial charge in [0, 0.05) is 0 Å². The fraction of sp³-hybridized carbons (Fsp3) is 0.700. The van der Waals surface area contributed by atoms with Crippen molar-refractivity contribution in [2.45, 2.75) is 7.59 Å². The Morgan fingerprint density at radius 2 is 1.29 bits per heavy atom. The number of nitrogens with zero attached hydrogens (tertiary/aromatic N) is 4. The molecule has 0 aliphatic rings. The molecule has 0 radical (unpaired) electrons. The van der Waals surface area contributed by atoms with Crippen molar-refractivity contribution in [3.8, 4) is 0 Å². The second kappa shape index (κ2) is 6.95. The maximum atomic E-state index is 5.78. The van der Waals surface area contributed by atoms with Crippen LogP contribution in [-0.4, -0.2) is 53.7 Å². The van der Waals surface area contributed by atoms with Crippen molar-refractivity contribution in [1.82, 2.24) is 15.0 Å². The van der Waals surface area contributed by atoms with Crippen molar-refractivity contribution < 1.29 is 4.48 Å². The van der Waals surface area contributed by atoms with Gasteiger partial charge >= 0.3 is 0 Å². The zero-order valence-electron chi connectivity index (χ0n) is 11.5. The molecular weight excluding hydrogens is 403 g/mol. The Labute approximate surface area is 153 Å². The topological polar surface area (TPSA) is 50.7 Å². The molecule has 1 aromatic heterocycles. The lowest BCUT2D eigenvalue weighted by atomic mass is 10.5. The SMILES string of the molecule is C[N+](C)(C)CCNc1nc(C(Cl)(Cl)Cl)nc(C(Cl)(Cl)Cl)n1. The number of aromatic nitrogens is 3. The Morgan fingerprint density at radius 1 is 0.857 bits per heavy atom. The van der Waals surface area contributed by atoms with E-state index in [1.54, 1.807) is 0 Å². The molecule has 0 aliphatic carbocycles. The number of likely N-dealkylation sites (N-methyl/N-ethyl adjacent to an activating group) is 1. The summed E-state index contributed by atoms with van der Waals surface area (Å²) in [6, 6.07) is 0. The van der Waals surface area contributed by atoms with Gasteiger partial charge in [-0.1, -0.05) is 69.6 Å². The number of hydrogen-bond acceptors (Lipinski definition) is 4. The van der Waals surface area contributed by atoms with Crippen molar-refractivity contribution >= 4 is 75.6 Å². The summed E-state index contributed by atoms with van der Waals surface area (Å²) in [5.41, 5.74) is 0. The lowest BCUT2D eigenvalue weighted by Gasteiger charge is -2.24. The smallest absolute Gasteiger partial charge is 0.250 e. The monoisotopic (exact) mass is 414 g/mol. The van der Waals surface area contributed by atoms with E-state index < -0.39 is 7.59 Å². The van der Waals surface area contributed by atoms with Crippen LogP contribution in [0.25, 0.3) is 0 Å². The van der Waals surface area contributed by atoms with E-state index in [1.807, 2.05) is 0 Å². The maximum absolute atomic E-state index is 5.78. The first-order valence-corrected chi connectivity index (χ1v) is 8.00. The van der Waals surface area contributed by atoms with Crippen LogP contribution in [0.15, 0.2) is 0 Å². The molecular formula is C10H14Cl6N5+. The van der Waals surface area contributed by atoms with Crippen LogP contribution < -0.4 is 5.32 Å². The van der Waals surface area contributed by atoms with Crippen LogP contribution >= 0.6 is 69.6 Å². The molecule has 0 spiro atoms. The largest absolute Gasteiger partial charge is 0.348 e. The first-order chi connectivity index (χ1) is 9.29. The van der Waals surface area contributed by atoms with Crippen LogP contribution in [0.4, 0.5) is 5.95 Å². The van der Waals surface area contributed by atoms with E-state index in [0.717, 1.165) is 11.0 Å². The molecule has 1 aromatic rings. The number of rotatable bonds is 4. The number of alkyl halides is 6. The molecule has 0 amide bonds. The first-order valence-electron chi connectivity index (χ1n) is 5.74. The van der Waals surface area contributed by atoms with Gasteiger partial charge in [0.1, 0.15) is 0 Å². The van der Waals surface area contributed by atoms with Gasteiger partial charge in [-0.25, -0.2) is 4.98 Å². The highest BCUT2D eigenvalue weighted by molar-refractivity contribution is 6.67. The summed E-state index contributed by atoms with van der Waals surface area (Å²) in [7, 11) is 6.15. The highest BCUT2D eigenvalue weighted by Gasteiger charge is 2.33. The van der Waals surface area contributed by atoms with Gasteiger partial charge in [-0.2, -0.15) is 9.97 Å². The average molecular weight is 417 g/mol. The molecule has 0 saturated heterocycles. The van der Waals surface area contributed by atoms with Gasteiger partial charge in [-0.15, -0.1) is 0 Å². The summed E-state index contributed by atoms with van der Waals surface area (Å²) in [5.74, 6) is -0.0470. The van der Waals surface area contributed by atoms with Gasteiger partial charge in [0.25, 0.3) is 0 Å². The molecule has 21 heavy (non-hydrogen) atoms. The first kappa shape index (κ1) is 19.6. The third kappa shape index (κ3) is 7.08. The Balaban J connectivity index is 3.03. The molecule has 0 atom stereocenters. The molecule has 0 saturated carbocycles. The number of anilines is 1. The summed E-state index contributed by atoms with van der Waals surface area (Å²) in [5, 5.41) is 3.00. The van der Waals surface area contributed by atoms with Crippen LogP contribution in [-0.2, 0) is 7.59 Å². The molecule has 1 heterocycles. The van der Waals surface area contributed by atoms with E-state index in [1.165, 1.54) is 0 Å². The minimum absolute atomic E-state index is 0.114. The third-order valence-corrected chi connectivity index (χ3v) is 3.22. The lowest BCUT2D eigenvalue weighted by molar-refractivity contribution is -0.868. The third-order valence-electron chi connectivity index (χ3n) is 2.21. The Kier molecular flexibility index (Phi) is 6.47. The van der Waals surface area contributed by atoms with Crippen molar-refractivity contribution in [3.63, 3.8) is 0 Å². The molecule has 1 N–H and O–H groups in total. The fourth-order valence-electron chi connectivity index (χ4n) is 1.21. The molecule has 0 bridgehead atoms. The zero-order valence-corrected chi connectivity index (χ0v) is 16.0. The fourth-order valence-corrected chi connectivity index (χ4v) is 1.72. The van der Waals surface area contributed by atoms with Crippen LogP contribution in [0.1, 0.15) is 11.6 Å². The minimum atomic E-state index is -1.84. The van der Waals surface area contributed by atoms with Crippen LogP contribution in [0.5, 0.6) is 0 Å². The quantitative estimate of drug-likeness (QED) is 0.601. The predicted molar refractivity (Wildman–Crippen MR) is 89.7 cm³/mol. The summed E-state index contributed by atoms with van der Waals surface area (Å²) >= 11 is 34.7. The Bertz CT molecular complexity index is 458. The van der Waals surface area contributed by atoms with E-state index in [4.69, 9.17) is 69.6 Å². The Hall–Kier alpha value is 0.510. The summed E-state index contributed by atoms with van der Waals surface area (Å²) in [6.07, 6.45) is 0. The van der Waals surface area contributed by atoms with Crippen LogP contribution in [0.3, 0.4) is 0 Å². The molecule has 0 aromatic carbocycles. The second-order valence-electron chi connectivity index (χ2n) is 5.24. The zero-order chi connectivity index (χ0) is 16.5. The maximum Gasteiger partial charge on any atom is 0.250 e. The molecule has 1 rings (SSSR count). The number of nitrogens with one attached hydrogen (secondary N) is 1. The molecule has 0 fully saturated rings. The number of hydrogen-bond donors (Lipinski definition) is 1. The number of halogens is 6. The highest BCUT2D eigenvalue weighted by Crippen LogP contribution is 2.40. The molecule has 0 unspecified atom stereocenters. The van der Waals surface area contributed by atoms with E-state index in [0.29, 0.717) is 6.54 Å². The van der Waals surface area contributed by atoms with Crippen molar-refractivity contribution in [1.29, 1.82) is 0 Å². The van der Waals surface area contributed by atoms with E-state index >= 15 is 0 Å². The summed E-state index contributed by atoms with van der Waals surface area (Å²) in [6.45, 7) is 1.41. The number of quaternary nitrogens is 1. The lowest BCUT2D eigenvalue weighted by Crippen LogP contribution is -2.38. The van der Waals surface area contributed by atoms with Gasteiger partial charge in [0.2, 0.25) is 13.5 Å². The van der Waals surface area contributed by atoms with E-state index in [9.17, 15) is 0 Å². The molecule has 11 heteroatoms. The van der Waals surface area contributed by atoms with Gasteiger partial charge in [0.15, 0.2) is 11.6 Å². The molecule has 0 aliphatic heterocycles. The Morgan fingerprint density at radius 3 is 1.62 bits per heavy atom. The van der Waals surface area contributed by atoms with Gasteiger partial charge in [0.05, 0.1) is 34.2 Å². The van der Waals surface area contributed by atoms with Crippen LogP contribution in [0, 0.1) is 0 Å².